The van der Waals surface area contributed by atoms with Crippen molar-refractivity contribution in [2.24, 2.45) is 23.7 Å². The number of unbranched alkanes of at least 4 members (excludes halogenated alkanes) is 2. The van der Waals surface area contributed by atoms with Crippen molar-refractivity contribution >= 4 is 0 Å². The van der Waals surface area contributed by atoms with Gasteiger partial charge >= 0.3 is 0 Å². The van der Waals surface area contributed by atoms with Gasteiger partial charge in [0.05, 0.1) is 12.8 Å². The van der Waals surface area contributed by atoms with Gasteiger partial charge in [-0.25, -0.2) is 0 Å². The molecule has 0 N–H and O–H groups in total. The van der Waals surface area contributed by atoms with Gasteiger partial charge in [-0.2, -0.15) is 0 Å². The number of rotatable bonds is 10. The average molecular weight is 386 g/mol. The molecule has 2 saturated carbocycles. The number of pyridine rings is 1. The van der Waals surface area contributed by atoms with Gasteiger partial charge in [0.25, 0.3) is 0 Å². The molecular weight excluding hydrogens is 342 g/mol. The zero-order valence-corrected chi connectivity index (χ0v) is 18.5. The van der Waals surface area contributed by atoms with Gasteiger partial charge in [-0.1, -0.05) is 52.4 Å². The summed E-state index contributed by atoms with van der Waals surface area (Å²) in [5, 5.41) is 0. The Kier molecular flexibility index (Phi) is 9.15. The van der Waals surface area contributed by atoms with Gasteiger partial charge in [-0.3, -0.25) is 4.98 Å². The van der Waals surface area contributed by atoms with E-state index < -0.39 is 0 Å². The normalized spacial score (nSPS) is 28.2. The molecule has 28 heavy (non-hydrogen) atoms. The molecule has 0 atom stereocenters. The molecule has 0 aromatic carbocycles. The average Bonchev–Trinajstić information content (AvgIpc) is 2.75. The number of nitrogens with zero attached hydrogens (tertiary/aromatic N) is 1. The molecule has 0 radical (unpaired) electrons. The van der Waals surface area contributed by atoms with Crippen LogP contribution in [0.4, 0.5) is 0 Å². The van der Waals surface area contributed by atoms with E-state index in [1.54, 1.807) is 0 Å². The minimum absolute atomic E-state index is 0.747. The molecule has 2 aliphatic carbocycles. The van der Waals surface area contributed by atoms with Crippen molar-refractivity contribution in [3.63, 3.8) is 0 Å². The molecule has 0 aliphatic heterocycles. The predicted octanol–water partition coefficient (Wildman–Crippen LogP) is 7.61. The molecule has 2 heteroatoms. The van der Waals surface area contributed by atoms with E-state index in [1.165, 1.54) is 89.2 Å². The first-order chi connectivity index (χ1) is 13.8. The minimum Gasteiger partial charge on any atom is -0.492 e. The summed E-state index contributed by atoms with van der Waals surface area (Å²) in [4.78, 5) is 4.58. The lowest BCUT2D eigenvalue weighted by Gasteiger charge is -2.37. The maximum Gasteiger partial charge on any atom is 0.137 e. The Hall–Kier alpha value is -1.05. The quantitative estimate of drug-likeness (QED) is 0.387. The molecule has 0 saturated heterocycles. The summed E-state index contributed by atoms with van der Waals surface area (Å²) >= 11 is 0. The summed E-state index contributed by atoms with van der Waals surface area (Å²) in [7, 11) is 0. The molecule has 2 nitrogen and oxygen atoms in total. The van der Waals surface area contributed by atoms with Crippen LogP contribution in [0.25, 0.3) is 0 Å². The fourth-order valence-electron chi connectivity index (χ4n) is 5.60. The minimum atomic E-state index is 0.747. The molecule has 1 aromatic rings. The highest BCUT2D eigenvalue weighted by Gasteiger charge is 2.30. The second-order valence-electron chi connectivity index (χ2n) is 9.60. The number of hydrogen-bond acceptors (Lipinski definition) is 2. The van der Waals surface area contributed by atoms with E-state index >= 15 is 0 Å². The van der Waals surface area contributed by atoms with E-state index in [9.17, 15) is 0 Å². The second kappa shape index (κ2) is 11.8. The van der Waals surface area contributed by atoms with Crippen LogP contribution in [0.2, 0.25) is 0 Å². The van der Waals surface area contributed by atoms with Crippen molar-refractivity contribution < 1.29 is 4.74 Å². The van der Waals surface area contributed by atoms with Crippen LogP contribution >= 0.6 is 0 Å². The highest BCUT2D eigenvalue weighted by atomic mass is 16.5. The zero-order chi connectivity index (χ0) is 19.6. The smallest absolute Gasteiger partial charge is 0.137 e. The summed E-state index contributed by atoms with van der Waals surface area (Å²) in [6.07, 6.45) is 21.3. The maximum absolute atomic E-state index is 6.09. The Bertz CT molecular complexity index is 524. The third kappa shape index (κ3) is 6.78. The molecule has 1 aromatic heterocycles. The fraction of sp³-hybridized carbons (Fsp3) is 0.808. The molecular formula is C26H43NO. The molecule has 158 valence electrons. The van der Waals surface area contributed by atoms with Crippen LogP contribution in [-0.4, -0.2) is 11.6 Å². The van der Waals surface area contributed by atoms with Crippen LogP contribution in [-0.2, 0) is 6.42 Å². The topological polar surface area (TPSA) is 22.1 Å². The number of aromatic nitrogens is 1. The Labute approximate surface area is 173 Å². The van der Waals surface area contributed by atoms with Crippen molar-refractivity contribution in [1.82, 2.24) is 4.98 Å². The molecule has 0 spiro atoms. The molecule has 2 aliphatic rings. The number of ether oxygens (including phenoxy) is 1. The van der Waals surface area contributed by atoms with Gasteiger partial charge in [-0.15, -0.1) is 0 Å². The summed E-state index contributed by atoms with van der Waals surface area (Å²) in [6, 6.07) is 4.27. The van der Waals surface area contributed by atoms with Gasteiger partial charge in [0.1, 0.15) is 5.75 Å². The lowest BCUT2D eigenvalue weighted by atomic mass is 9.69. The van der Waals surface area contributed by atoms with Crippen molar-refractivity contribution in [1.29, 1.82) is 0 Å². The standard InChI is InChI=1S/C26H43NO/c1-3-5-6-8-25-17-18-26(19-27-25)28-20-22-11-15-24(16-12-22)23-13-9-21(7-4-2)10-14-23/h17-19,21-24H,3-16,20H2,1-2H3/t21-,22-,23-,24-. The van der Waals surface area contributed by atoms with Gasteiger partial charge in [0.2, 0.25) is 0 Å². The van der Waals surface area contributed by atoms with Crippen LogP contribution < -0.4 is 4.74 Å². The van der Waals surface area contributed by atoms with Crippen molar-refractivity contribution in [3.8, 4) is 5.75 Å². The first kappa shape index (κ1) is 21.7. The Morgan fingerprint density at radius 3 is 2.07 bits per heavy atom. The predicted molar refractivity (Wildman–Crippen MR) is 119 cm³/mol. The highest BCUT2D eigenvalue weighted by Crippen LogP contribution is 2.42. The van der Waals surface area contributed by atoms with Gasteiger partial charge in [-0.05, 0) is 87.2 Å². The van der Waals surface area contributed by atoms with Gasteiger partial charge < -0.3 is 4.74 Å². The van der Waals surface area contributed by atoms with Crippen LogP contribution in [0, 0.1) is 23.7 Å². The van der Waals surface area contributed by atoms with E-state index in [0.717, 1.165) is 42.4 Å². The summed E-state index contributed by atoms with van der Waals surface area (Å²) in [6.45, 7) is 5.47. The fourth-order valence-corrected chi connectivity index (χ4v) is 5.60. The molecule has 2 fully saturated rings. The first-order valence-electron chi connectivity index (χ1n) is 12.4. The Balaban J connectivity index is 1.32. The summed E-state index contributed by atoms with van der Waals surface area (Å²) < 4.78 is 6.09. The first-order valence-corrected chi connectivity index (χ1v) is 12.4. The zero-order valence-electron chi connectivity index (χ0n) is 18.5. The van der Waals surface area contributed by atoms with E-state index in [-0.39, 0.29) is 0 Å². The van der Waals surface area contributed by atoms with E-state index in [2.05, 4.69) is 31.0 Å². The highest BCUT2D eigenvalue weighted by molar-refractivity contribution is 5.20. The van der Waals surface area contributed by atoms with Crippen LogP contribution in [0.5, 0.6) is 5.75 Å². The van der Waals surface area contributed by atoms with Crippen molar-refractivity contribution in [2.45, 2.75) is 104 Å². The SMILES string of the molecule is CCCCCc1ccc(OC[C@H]2CC[C@H]([C@H]3CC[C@H](CCC)CC3)CC2)cn1. The van der Waals surface area contributed by atoms with Gasteiger partial charge in [0, 0.05) is 5.69 Å². The van der Waals surface area contributed by atoms with E-state index in [0.29, 0.717) is 0 Å². The summed E-state index contributed by atoms with van der Waals surface area (Å²) in [5.74, 6) is 4.77. The van der Waals surface area contributed by atoms with Crippen molar-refractivity contribution in [2.75, 3.05) is 6.61 Å². The molecule has 1 heterocycles. The lowest BCUT2D eigenvalue weighted by Crippen LogP contribution is -2.27. The maximum atomic E-state index is 6.09. The van der Waals surface area contributed by atoms with Crippen LogP contribution in [0.1, 0.15) is 103 Å². The van der Waals surface area contributed by atoms with Crippen molar-refractivity contribution in [3.05, 3.63) is 24.0 Å². The monoisotopic (exact) mass is 385 g/mol. The molecule has 0 amide bonds. The van der Waals surface area contributed by atoms with Gasteiger partial charge in [0.15, 0.2) is 0 Å². The molecule has 0 unspecified atom stereocenters. The molecule has 0 bridgehead atoms. The Morgan fingerprint density at radius 1 is 0.821 bits per heavy atom. The molecule has 3 rings (SSSR count). The lowest BCUT2D eigenvalue weighted by molar-refractivity contribution is 0.122. The number of aryl methyl sites for hydroxylation is 1. The van der Waals surface area contributed by atoms with E-state index in [1.807, 2.05) is 6.20 Å². The van der Waals surface area contributed by atoms with Crippen LogP contribution in [0.3, 0.4) is 0 Å². The third-order valence-electron chi connectivity index (χ3n) is 7.47. The number of hydrogen-bond donors (Lipinski definition) is 0. The van der Waals surface area contributed by atoms with Crippen LogP contribution in [0.15, 0.2) is 18.3 Å². The second-order valence-corrected chi connectivity index (χ2v) is 9.60. The largest absolute Gasteiger partial charge is 0.492 e. The summed E-state index contributed by atoms with van der Waals surface area (Å²) in [5.41, 5.74) is 1.20. The van der Waals surface area contributed by atoms with E-state index in [4.69, 9.17) is 4.74 Å². The third-order valence-corrected chi connectivity index (χ3v) is 7.47. The Morgan fingerprint density at radius 2 is 1.50 bits per heavy atom.